The maximum atomic E-state index is 13.3. The van der Waals surface area contributed by atoms with E-state index in [4.69, 9.17) is 0 Å². The maximum Gasteiger partial charge on any atom is 0.258 e. The molecule has 0 spiro atoms. The van der Waals surface area contributed by atoms with Crippen molar-refractivity contribution in [3.8, 4) is 11.3 Å². The Morgan fingerprint density at radius 1 is 1.19 bits per heavy atom. The van der Waals surface area contributed by atoms with Crippen LogP contribution in [0.1, 0.15) is 46.7 Å². The fourth-order valence-corrected chi connectivity index (χ4v) is 3.38. The van der Waals surface area contributed by atoms with E-state index in [9.17, 15) is 4.79 Å². The Morgan fingerprint density at radius 2 is 2.00 bits per heavy atom. The molecule has 0 bridgehead atoms. The van der Waals surface area contributed by atoms with Crippen LogP contribution in [-0.2, 0) is 0 Å². The fraction of sp³-hybridized carbons (Fsp3) is 0.316. The monoisotopic (exact) mass is 348 g/mol. The normalized spacial score (nSPS) is 16.8. The van der Waals surface area contributed by atoms with Gasteiger partial charge in [-0.05, 0) is 26.7 Å². The first-order chi connectivity index (χ1) is 12.6. The third kappa shape index (κ3) is 2.96. The summed E-state index contributed by atoms with van der Waals surface area (Å²) in [6.45, 7) is 4.37. The lowest BCUT2D eigenvalue weighted by Gasteiger charge is -2.23. The number of carbonyl (C=O) groups is 1. The Bertz CT molecular complexity index is 936. The van der Waals surface area contributed by atoms with E-state index in [1.54, 1.807) is 6.20 Å². The van der Waals surface area contributed by atoms with Crippen LogP contribution in [0.15, 0.2) is 36.5 Å². The van der Waals surface area contributed by atoms with Crippen molar-refractivity contribution in [2.75, 3.05) is 6.54 Å². The van der Waals surface area contributed by atoms with Gasteiger partial charge in [0.1, 0.15) is 11.6 Å². The summed E-state index contributed by atoms with van der Waals surface area (Å²) in [5.41, 5.74) is 2.09. The number of rotatable bonds is 3. The Kier molecular flexibility index (Phi) is 4.20. The molecule has 26 heavy (non-hydrogen) atoms. The highest BCUT2D eigenvalue weighted by atomic mass is 16.2. The molecular formula is C19H20N6O. The fourth-order valence-electron chi connectivity index (χ4n) is 3.38. The first-order valence-corrected chi connectivity index (χ1v) is 8.72. The largest absolute Gasteiger partial charge is 0.328 e. The second-order valence-electron chi connectivity index (χ2n) is 6.48. The van der Waals surface area contributed by atoms with Crippen LogP contribution < -0.4 is 0 Å². The van der Waals surface area contributed by atoms with Crippen LogP contribution in [0.3, 0.4) is 0 Å². The molecule has 7 nitrogen and oxygen atoms in total. The van der Waals surface area contributed by atoms with Gasteiger partial charge in [0, 0.05) is 18.3 Å². The van der Waals surface area contributed by atoms with Gasteiger partial charge in [0.2, 0.25) is 0 Å². The summed E-state index contributed by atoms with van der Waals surface area (Å²) in [5.74, 6) is 1.99. The number of H-pyrrole nitrogens is 1. The number of carbonyl (C=O) groups excluding carboxylic acids is 1. The first kappa shape index (κ1) is 16.4. The number of benzene rings is 1. The summed E-state index contributed by atoms with van der Waals surface area (Å²) >= 11 is 0. The van der Waals surface area contributed by atoms with E-state index in [1.807, 2.05) is 49.1 Å². The SMILES string of the molecule is Cc1ncc(C(=O)N2CCCC2c2n[nH]c(C)n2)c(-c2ccccc2)n1. The molecule has 1 unspecified atom stereocenters. The van der Waals surface area contributed by atoms with Crippen LogP contribution in [0.4, 0.5) is 0 Å². The first-order valence-electron chi connectivity index (χ1n) is 8.72. The molecule has 1 N–H and O–H groups in total. The van der Waals surface area contributed by atoms with Crippen LogP contribution in [0.2, 0.25) is 0 Å². The van der Waals surface area contributed by atoms with Crippen LogP contribution >= 0.6 is 0 Å². The highest BCUT2D eigenvalue weighted by Gasteiger charge is 2.34. The lowest BCUT2D eigenvalue weighted by Crippen LogP contribution is -2.32. The van der Waals surface area contributed by atoms with Gasteiger partial charge < -0.3 is 4.90 Å². The Morgan fingerprint density at radius 3 is 2.73 bits per heavy atom. The Labute approximate surface area is 151 Å². The van der Waals surface area contributed by atoms with Crippen molar-refractivity contribution in [2.45, 2.75) is 32.7 Å². The Hall–Kier alpha value is -3.09. The summed E-state index contributed by atoms with van der Waals surface area (Å²) in [4.78, 5) is 28.4. The number of aryl methyl sites for hydroxylation is 2. The van der Waals surface area contributed by atoms with Gasteiger partial charge in [0.05, 0.1) is 17.3 Å². The van der Waals surface area contributed by atoms with Gasteiger partial charge in [0.15, 0.2) is 5.82 Å². The van der Waals surface area contributed by atoms with Gasteiger partial charge in [-0.15, -0.1) is 0 Å². The van der Waals surface area contributed by atoms with Crippen molar-refractivity contribution in [3.05, 3.63) is 59.6 Å². The Balaban J connectivity index is 1.72. The van der Waals surface area contributed by atoms with Gasteiger partial charge in [-0.2, -0.15) is 5.10 Å². The van der Waals surface area contributed by atoms with E-state index in [1.165, 1.54) is 0 Å². The quantitative estimate of drug-likeness (QED) is 0.786. The topological polar surface area (TPSA) is 87.7 Å². The minimum atomic E-state index is -0.114. The van der Waals surface area contributed by atoms with Crippen LogP contribution in [0, 0.1) is 13.8 Å². The standard InChI is InChI=1S/C19H20N6O/c1-12-20-11-15(17(21-12)14-7-4-3-5-8-14)19(26)25-10-6-9-16(25)18-22-13(2)23-24-18/h3-5,7-8,11,16H,6,9-10H2,1-2H3,(H,22,23,24). The van der Waals surface area contributed by atoms with Gasteiger partial charge >= 0.3 is 0 Å². The molecular weight excluding hydrogens is 328 g/mol. The zero-order valence-electron chi connectivity index (χ0n) is 14.8. The second-order valence-corrected chi connectivity index (χ2v) is 6.48. The number of nitrogens with one attached hydrogen (secondary N) is 1. The molecule has 0 radical (unpaired) electrons. The predicted molar refractivity (Wildman–Crippen MR) is 96.3 cm³/mol. The molecule has 4 rings (SSSR count). The molecule has 3 heterocycles. The van der Waals surface area contributed by atoms with E-state index in [0.717, 1.165) is 24.2 Å². The van der Waals surface area contributed by atoms with Crippen LogP contribution in [-0.4, -0.2) is 42.5 Å². The van der Waals surface area contributed by atoms with Gasteiger partial charge in [-0.25, -0.2) is 15.0 Å². The predicted octanol–water partition coefficient (Wildman–Crippen LogP) is 2.86. The van der Waals surface area contributed by atoms with Crippen molar-refractivity contribution in [1.29, 1.82) is 0 Å². The molecule has 1 aliphatic rings. The summed E-state index contributed by atoms with van der Waals surface area (Å²) in [5, 5.41) is 7.12. The average molecular weight is 348 g/mol. The van der Waals surface area contributed by atoms with Crippen molar-refractivity contribution in [2.24, 2.45) is 0 Å². The van der Waals surface area contributed by atoms with E-state index in [2.05, 4.69) is 25.1 Å². The molecule has 1 aliphatic heterocycles. The number of hydrogen-bond acceptors (Lipinski definition) is 5. The number of likely N-dealkylation sites (tertiary alicyclic amines) is 1. The van der Waals surface area contributed by atoms with E-state index < -0.39 is 0 Å². The molecule has 1 aromatic carbocycles. The number of amides is 1. The summed E-state index contributed by atoms with van der Waals surface area (Å²) < 4.78 is 0. The second kappa shape index (κ2) is 6.67. The minimum absolute atomic E-state index is 0.0752. The third-order valence-corrected chi connectivity index (χ3v) is 4.61. The number of hydrogen-bond donors (Lipinski definition) is 1. The molecule has 132 valence electrons. The van der Waals surface area contributed by atoms with Gasteiger partial charge in [0.25, 0.3) is 5.91 Å². The molecule has 7 heteroatoms. The lowest BCUT2D eigenvalue weighted by molar-refractivity contribution is 0.0730. The molecule has 1 saturated heterocycles. The van der Waals surface area contributed by atoms with Gasteiger partial charge in [-0.3, -0.25) is 9.89 Å². The highest BCUT2D eigenvalue weighted by molar-refractivity contribution is 6.00. The summed E-state index contributed by atoms with van der Waals surface area (Å²) in [6.07, 6.45) is 3.42. The minimum Gasteiger partial charge on any atom is -0.328 e. The zero-order valence-corrected chi connectivity index (χ0v) is 14.8. The molecule has 0 saturated carbocycles. The van der Waals surface area contributed by atoms with Crippen LogP contribution in [0.25, 0.3) is 11.3 Å². The lowest BCUT2D eigenvalue weighted by atomic mass is 10.1. The average Bonchev–Trinajstić information content (AvgIpc) is 3.30. The number of aromatic amines is 1. The summed E-state index contributed by atoms with van der Waals surface area (Å²) in [6, 6.07) is 9.63. The third-order valence-electron chi connectivity index (χ3n) is 4.61. The van der Waals surface area contributed by atoms with E-state index in [0.29, 0.717) is 29.5 Å². The van der Waals surface area contributed by atoms with Crippen molar-refractivity contribution < 1.29 is 4.79 Å². The van der Waals surface area contributed by atoms with Crippen molar-refractivity contribution in [3.63, 3.8) is 0 Å². The van der Waals surface area contributed by atoms with Crippen LogP contribution in [0.5, 0.6) is 0 Å². The molecule has 3 aromatic rings. The number of aromatic nitrogens is 5. The zero-order chi connectivity index (χ0) is 18.1. The molecule has 0 aliphatic carbocycles. The van der Waals surface area contributed by atoms with Crippen molar-refractivity contribution >= 4 is 5.91 Å². The van der Waals surface area contributed by atoms with E-state index in [-0.39, 0.29) is 11.9 Å². The highest BCUT2D eigenvalue weighted by Crippen LogP contribution is 2.33. The van der Waals surface area contributed by atoms with Gasteiger partial charge in [-0.1, -0.05) is 30.3 Å². The smallest absolute Gasteiger partial charge is 0.258 e. The summed E-state index contributed by atoms with van der Waals surface area (Å²) in [7, 11) is 0. The molecule has 1 amide bonds. The molecule has 2 aromatic heterocycles. The maximum absolute atomic E-state index is 13.3. The number of nitrogens with zero attached hydrogens (tertiary/aromatic N) is 5. The molecule has 1 atom stereocenters. The van der Waals surface area contributed by atoms with E-state index >= 15 is 0 Å². The van der Waals surface area contributed by atoms with Crippen molar-refractivity contribution in [1.82, 2.24) is 30.0 Å². The molecule has 1 fully saturated rings.